The molecule has 0 aliphatic rings. The Morgan fingerprint density at radius 1 is 0.254 bits per heavy atom. The van der Waals surface area contributed by atoms with Crippen molar-refractivity contribution in [3.8, 4) is 34.5 Å². The van der Waals surface area contributed by atoms with E-state index in [1.807, 2.05) is 121 Å². The third-order valence-corrected chi connectivity index (χ3v) is 16.8. The molecule has 63 heavy (non-hydrogen) atoms. The zero-order chi connectivity index (χ0) is 42.6. The lowest BCUT2D eigenvalue weighted by Crippen LogP contribution is -2.53. The first kappa shape index (κ1) is 40.2. The minimum atomic E-state index is -2.67. The largest absolute Gasteiger partial charge is 0.530 e. The number of hydrogen-bond acceptors (Lipinski definition) is 6. The van der Waals surface area contributed by atoms with E-state index in [1.54, 1.807) is 0 Å². The van der Waals surface area contributed by atoms with Crippen molar-refractivity contribution in [2.24, 2.45) is 0 Å². The van der Waals surface area contributed by atoms with Crippen LogP contribution >= 0.6 is 17.2 Å². The summed E-state index contributed by atoms with van der Waals surface area (Å²) in [6.07, 6.45) is 0. The minimum absolute atomic E-state index is 0.678. The summed E-state index contributed by atoms with van der Waals surface area (Å²) in [5, 5.41) is 10.2. The van der Waals surface area contributed by atoms with Gasteiger partial charge >= 0.3 is 17.2 Å². The maximum absolute atomic E-state index is 6.99. The van der Waals surface area contributed by atoms with Gasteiger partial charge in [-0.1, -0.05) is 195 Å². The van der Waals surface area contributed by atoms with Crippen LogP contribution in [0.2, 0.25) is 13.1 Å². The van der Waals surface area contributed by atoms with Crippen LogP contribution < -0.4 is 37.5 Å². The minimum Gasteiger partial charge on any atom is -0.409 e. The van der Waals surface area contributed by atoms with Crippen LogP contribution in [0.1, 0.15) is 0 Å². The van der Waals surface area contributed by atoms with E-state index in [0.29, 0.717) is 34.5 Å². The predicted molar refractivity (Wildman–Crippen MR) is 263 cm³/mol. The molecule has 0 aromatic heterocycles. The van der Waals surface area contributed by atoms with Crippen molar-refractivity contribution >= 4 is 78.7 Å². The zero-order valence-corrected chi connectivity index (χ0v) is 37.4. The Bertz CT molecular complexity index is 2830. The lowest BCUT2D eigenvalue weighted by atomic mass is 10.1. The maximum atomic E-state index is 6.99. The molecule has 0 N–H and O–H groups in total. The van der Waals surface area contributed by atoms with Crippen LogP contribution in [0.5, 0.6) is 34.5 Å². The summed E-state index contributed by atoms with van der Waals surface area (Å²) in [7, 11) is -6.72. The molecule has 0 heterocycles. The van der Waals surface area contributed by atoms with Crippen molar-refractivity contribution in [2.75, 3.05) is 0 Å². The zero-order valence-electron chi connectivity index (χ0n) is 34.6. The molecule has 0 aliphatic carbocycles. The Hall–Kier alpha value is -6.88. The Morgan fingerprint density at radius 3 is 0.794 bits per heavy atom. The molecule has 0 spiro atoms. The fraction of sp³-hybridized carbons (Fsp3) is 0.0370. The molecule has 9 heteroatoms. The first-order valence-electron chi connectivity index (χ1n) is 20.8. The number of para-hydroxylation sites is 2. The molecule has 0 bridgehead atoms. The van der Waals surface area contributed by atoms with Crippen molar-refractivity contribution in [1.29, 1.82) is 0 Å². The van der Waals surface area contributed by atoms with E-state index in [1.165, 1.54) is 0 Å². The van der Waals surface area contributed by atoms with Crippen LogP contribution in [0.25, 0.3) is 43.1 Å². The van der Waals surface area contributed by atoms with Gasteiger partial charge in [-0.3, -0.25) is 0 Å². The summed E-state index contributed by atoms with van der Waals surface area (Å²) in [5.41, 5.74) is 0. The number of fused-ring (bicyclic) bond motifs is 4. The smallest absolute Gasteiger partial charge is 0.409 e. The second-order valence-electron chi connectivity index (χ2n) is 15.5. The highest BCUT2D eigenvalue weighted by atomic mass is 31.2. The summed E-state index contributed by atoms with van der Waals surface area (Å²) in [6.45, 7) is 4.60. The van der Waals surface area contributed by atoms with Crippen molar-refractivity contribution in [3.05, 3.63) is 218 Å². The van der Waals surface area contributed by atoms with Crippen molar-refractivity contribution in [3.63, 3.8) is 0 Å². The van der Waals surface area contributed by atoms with Crippen LogP contribution in [-0.4, -0.2) is 8.07 Å². The fourth-order valence-corrected chi connectivity index (χ4v) is 13.1. The number of hydrogen-bond donors (Lipinski definition) is 0. The van der Waals surface area contributed by atoms with Gasteiger partial charge in [-0.2, -0.15) is 0 Å². The summed E-state index contributed by atoms with van der Waals surface area (Å²) < 4.78 is 41.1. The third-order valence-electron chi connectivity index (χ3n) is 11.2. The van der Waals surface area contributed by atoms with Gasteiger partial charge in [0, 0.05) is 21.5 Å². The second-order valence-corrected chi connectivity index (χ2v) is 21.8. The average Bonchev–Trinajstić information content (AvgIpc) is 3.32. The lowest BCUT2D eigenvalue weighted by Gasteiger charge is -2.29. The van der Waals surface area contributed by atoms with Gasteiger partial charge in [-0.15, -0.1) is 0 Å². The topological polar surface area (TPSA) is 55.4 Å². The number of benzene rings is 10. The fourth-order valence-electron chi connectivity index (χ4n) is 7.97. The molecule has 0 saturated carbocycles. The molecule has 0 saturated heterocycles. The van der Waals surface area contributed by atoms with Crippen molar-refractivity contribution in [2.45, 2.75) is 13.1 Å². The van der Waals surface area contributed by atoms with Gasteiger partial charge in [0.15, 0.2) is 0 Å². The molecule has 0 radical (unpaired) electrons. The summed E-state index contributed by atoms with van der Waals surface area (Å²) in [4.78, 5) is 0. The van der Waals surface area contributed by atoms with Gasteiger partial charge in [-0.05, 0) is 68.3 Å². The van der Waals surface area contributed by atoms with Crippen molar-refractivity contribution < 1.29 is 27.1 Å². The normalized spacial score (nSPS) is 11.6. The molecule has 0 unspecified atom stereocenters. The molecule has 0 fully saturated rings. The van der Waals surface area contributed by atoms with Gasteiger partial charge in [0.2, 0.25) is 0 Å². The SMILES string of the molecule is C[Si](C)(c1ccccc1OP(Oc1cccc2ccccc12)Oc1cccc2ccccc12)c1ccccc1OP(Oc1cccc2ccccc12)Oc1cccc2ccccc12. The van der Waals surface area contributed by atoms with Crippen LogP contribution in [0.4, 0.5) is 0 Å². The number of rotatable bonds is 14. The van der Waals surface area contributed by atoms with E-state index < -0.39 is 25.3 Å². The summed E-state index contributed by atoms with van der Waals surface area (Å²) >= 11 is 0. The quantitative estimate of drug-likeness (QED) is 0.0801. The van der Waals surface area contributed by atoms with E-state index in [9.17, 15) is 0 Å². The highest BCUT2D eigenvalue weighted by Crippen LogP contribution is 2.48. The molecule has 6 nitrogen and oxygen atoms in total. The second kappa shape index (κ2) is 17.8. The predicted octanol–water partition coefficient (Wildman–Crippen LogP) is 14.6. The van der Waals surface area contributed by atoms with Crippen LogP contribution in [-0.2, 0) is 0 Å². The Kier molecular flexibility index (Phi) is 11.4. The summed E-state index contributed by atoms with van der Waals surface area (Å²) in [5.74, 6) is 4.07. The van der Waals surface area contributed by atoms with E-state index >= 15 is 0 Å². The highest BCUT2D eigenvalue weighted by Gasteiger charge is 2.36. The van der Waals surface area contributed by atoms with Crippen LogP contribution in [0.3, 0.4) is 0 Å². The van der Waals surface area contributed by atoms with Crippen molar-refractivity contribution in [1.82, 2.24) is 0 Å². The van der Waals surface area contributed by atoms with Gasteiger partial charge in [-0.25, -0.2) is 0 Å². The van der Waals surface area contributed by atoms with Gasteiger partial charge < -0.3 is 27.1 Å². The molecule has 10 rings (SSSR count). The van der Waals surface area contributed by atoms with Gasteiger partial charge in [0.1, 0.15) is 42.6 Å². The van der Waals surface area contributed by atoms with E-state index in [-0.39, 0.29) is 0 Å². The average molecular weight is 877 g/mol. The molecular weight excluding hydrogens is 835 g/mol. The molecule has 10 aromatic rings. The van der Waals surface area contributed by atoms with Gasteiger partial charge in [0.25, 0.3) is 0 Å². The lowest BCUT2D eigenvalue weighted by molar-refractivity contribution is 0.392. The standard InChI is InChI=1S/C54H42O6P2Si/c1-63(2,53-37-13-11-31-51(53)59-61(55-47-33-15-23-39-19-3-7-27-43(39)47)56-48-34-16-24-40-20-4-8-28-44(40)48)54-38-14-12-32-52(54)60-62(57-49-35-17-25-41-21-5-9-29-45(41)49)58-50-36-18-26-42-22-6-10-30-46(42)50/h3-38H,1-2H3. The van der Waals surface area contributed by atoms with Crippen LogP contribution in [0, 0.1) is 0 Å². The molecular formula is C54H42O6P2Si. The summed E-state index contributed by atoms with van der Waals surface area (Å²) in [6, 6.07) is 73.2. The highest BCUT2D eigenvalue weighted by molar-refractivity contribution is 7.43. The first-order valence-corrected chi connectivity index (χ1v) is 26.0. The maximum Gasteiger partial charge on any atom is 0.530 e. The third kappa shape index (κ3) is 8.52. The van der Waals surface area contributed by atoms with E-state index in [0.717, 1.165) is 53.5 Å². The molecule has 10 aromatic carbocycles. The molecule has 0 atom stereocenters. The van der Waals surface area contributed by atoms with E-state index in [2.05, 4.69) is 110 Å². The first-order chi connectivity index (χ1) is 31.0. The van der Waals surface area contributed by atoms with Crippen LogP contribution in [0.15, 0.2) is 218 Å². The molecule has 0 aliphatic heterocycles. The van der Waals surface area contributed by atoms with E-state index in [4.69, 9.17) is 27.1 Å². The molecule has 308 valence electrons. The Morgan fingerprint density at radius 2 is 0.476 bits per heavy atom. The Labute approximate surface area is 370 Å². The van der Waals surface area contributed by atoms with Gasteiger partial charge in [0.05, 0.1) is 0 Å². The Balaban J connectivity index is 1.01. The monoisotopic (exact) mass is 876 g/mol. The molecule has 0 amide bonds.